The van der Waals surface area contributed by atoms with E-state index in [4.69, 9.17) is 0 Å². The number of piperazine rings is 1. The highest BCUT2D eigenvalue weighted by Crippen LogP contribution is 2.29. The molecule has 1 aliphatic heterocycles. The number of carbonyl (C=O) groups excluding carboxylic acids is 1. The van der Waals surface area contributed by atoms with Gasteiger partial charge in [-0.15, -0.1) is 0 Å². The summed E-state index contributed by atoms with van der Waals surface area (Å²) in [7, 11) is 0. The van der Waals surface area contributed by atoms with E-state index >= 15 is 0 Å². The molecule has 6 nitrogen and oxygen atoms in total. The fourth-order valence-corrected chi connectivity index (χ4v) is 5.08. The van der Waals surface area contributed by atoms with E-state index in [0.717, 1.165) is 13.1 Å². The number of nitrogens with zero attached hydrogens (tertiary/aromatic N) is 4. The second kappa shape index (κ2) is 10.5. The summed E-state index contributed by atoms with van der Waals surface area (Å²) in [5, 5.41) is 5.74. The van der Waals surface area contributed by atoms with Crippen molar-refractivity contribution in [2.24, 2.45) is 5.92 Å². The van der Waals surface area contributed by atoms with Crippen LogP contribution in [0.25, 0.3) is 10.8 Å². The molecule has 4 aromatic rings. The lowest BCUT2D eigenvalue weighted by molar-refractivity contribution is 0.0591. The number of fused-ring (bicyclic) bond motifs is 1. The van der Waals surface area contributed by atoms with Gasteiger partial charge in [0.15, 0.2) is 5.69 Å². The second-order valence-corrected chi connectivity index (χ2v) is 9.83. The third-order valence-corrected chi connectivity index (χ3v) is 6.81. The Morgan fingerprint density at radius 2 is 1.31 bits per heavy atom. The normalized spacial score (nSPS) is 14.6. The monoisotopic (exact) mass is 480 g/mol. The number of rotatable bonds is 6. The summed E-state index contributed by atoms with van der Waals surface area (Å²) in [6.45, 7) is 7.28. The number of benzene rings is 3. The predicted molar refractivity (Wildman–Crippen MR) is 143 cm³/mol. The zero-order valence-corrected chi connectivity index (χ0v) is 20.9. The Kier molecular flexibility index (Phi) is 6.96. The standard InChI is InChI=1S/C30H32N4O2/c1-22(2)21-34-29(35)26-16-10-9-15-25(26)27(31-34)30(36)33-19-17-32(18-20-33)28(23-11-5-3-6-12-23)24-13-7-4-8-14-24/h3-16,22,28H,17-21H2,1-2H3. The van der Waals surface area contributed by atoms with Crippen molar-refractivity contribution in [2.45, 2.75) is 26.4 Å². The molecule has 6 heteroatoms. The minimum Gasteiger partial charge on any atom is -0.335 e. The van der Waals surface area contributed by atoms with Crippen molar-refractivity contribution >= 4 is 16.7 Å². The van der Waals surface area contributed by atoms with E-state index < -0.39 is 0 Å². The minimum absolute atomic E-state index is 0.112. The SMILES string of the molecule is CC(C)Cn1nc(C(=O)N2CCN(C(c3ccccc3)c3ccccc3)CC2)c2ccccc2c1=O. The lowest BCUT2D eigenvalue weighted by Crippen LogP contribution is -2.50. The summed E-state index contributed by atoms with van der Waals surface area (Å²) >= 11 is 0. The molecule has 0 aliphatic carbocycles. The molecular weight excluding hydrogens is 448 g/mol. The largest absolute Gasteiger partial charge is 0.335 e. The molecule has 1 aliphatic rings. The van der Waals surface area contributed by atoms with Crippen LogP contribution in [0.5, 0.6) is 0 Å². The van der Waals surface area contributed by atoms with E-state index in [1.807, 2.05) is 49.1 Å². The van der Waals surface area contributed by atoms with Gasteiger partial charge in [0.1, 0.15) is 0 Å². The molecule has 36 heavy (non-hydrogen) atoms. The van der Waals surface area contributed by atoms with Gasteiger partial charge in [0, 0.05) is 38.1 Å². The third kappa shape index (κ3) is 4.82. The molecule has 0 saturated carbocycles. The zero-order valence-electron chi connectivity index (χ0n) is 20.9. The van der Waals surface area contributed by atoms with Crippen molar-refractivity contribution in [1.29, 1.82) is 0 Å². The van der Waals surface area contributed by atoms with Crippen LogP contribution in [0.1, 0.15) is 41.5 Å². The van der Waals surface area contributed by atoms with Crippen LogP contribution in [0.3, 0.4) is 0 Å². The Balaban J connectivity index is 1.41. The van der Waals surface area contributed by atoms with Gasteiger partial charge in [-0.05, 0) is 23.1 Å². The van der Waals surface area contributed by atoms with Crippen molar-refractivity contribution in [3.05, 3.63) is 112 Å². The van der Waals surface area contributed by atoms with E-state index in [1.54, 1.807) is 6.07 Å². The fraction of sp³-hybridized carbons (Fsp3) is 0.300. The summed E-state index contributed by atoms with van der Waals surface area (Å²) in [5.41, 5.74) is 2.71. The van der Waals surface area contributed by atoms with E-state index in [1.165, 1.54) is 15.8 Å². The van der Waals surface area contributed by atoms with Gasteiger partial charge in [-0.3, -0.25) is 14.5 Å². The molecule has 1 aromatic heterocycles. The van der Waals surface area contributed by atoms with Crippen molar-refractivity contribution in [3.63, 3.8) is 0 Å². The first kappa shape index (κ1) is 23.9. The number of hydrogen-bond acceptors (Lipinski definition) is 4. The van der Waals surface area contributed by atoms with Gasteiger partial charge < -0.3 is 4.90 Å². The van der Waals surface area contributed by atoms with Crippen molar-refractivity contribution in [3.8, 4) is 0 Å². The molecule has 5 rings (SSSR count). The molecular formula is C30H32N4O2. The van der Waals surface area contributed by atoms with E-state index in [0.29, 0.717) is 36.1 Å². The molecule has 0 spiro atoms. The smallest absolute Gasteiger partial charge is 0.275 e. The Labute approximate surface area is 211 Å². The number of carbonyl (C=O) groups is 1. The van der Waals surface area contributed by atoms with Crippen molar-refractivity contribution in [1.82, 2.24) is 19.6 Å². The molecule has 0 radical (unpaired) electrons. The summed E-state index contributed by atoms with van der Waals surface area (Å²) in [6, 6.07) is 28.5. The third-order valence-electron chi connectivity index (χ3n) is 6.81. The van der Waals surface area contributed by atoms with E-state index in [9.17, 15) is 9.59 Å². The minimum atomic E-state index is -0.144. The van der Waals surface area contributed by atoms with Gasteiger partial charge in [-0.2, -0.15) is 5.10 Å². The number of aromatic nitrogens is 2. The number of hydrogen-bond donors (Lipinski definition) is 0. The van der Waals surface area contributed by atoms with Gasteiger partial charge in [0.05, 0.1) is 11.4 Å². The van der Waals surface area contributed by atoms with Crippen LogP contribution < -0.4 is 5.56 Å². The molecule has 0 bridgehead atoms. The highest BCUT2D eigenvalue weighted by atomic mass is 16.2. The fourth-order valence-electron chi connectivity index (χ4n) is 5.08. The van der Waals surface area contributed by atoms with Gasteiger partial charge in [0.25, 0.3) is 11.5 Å². The van der Waals surface area contributed by atoms with Crippen LogP contribution in [0.15, 0.2) is 89.7 Å². The Morgan fingerprint density at radius 3 is 1.86 bits per heavy atom. The molecule has 1 saturated heterocycles. The molecule has 3 aromatic carbocycles. The average Bonchev–Trinajstić information content (AvgIpc) is 2.91. The first-order valence-corrected chi connectivity index (χ1v) is 12.7. The van der Waals surface area contributed by atoms with Crippen LogP contribution in [0, 0.1) is 5.92 Å². The van der Waals surface area contributed by atoms with Crippen LogP contribution in [0.4, 0.5) is 0 Å². The zero-order chi connectivity index (χ0) is 25.1. The topological polar surface area (TPSA) is 58.4 Å². The van der Waals surface area contributed by atoms with Crippen LogP contribution in [-0.2, 0) is 6.54 Å². The Hall–Kier alpha value is -3.77. The lowest BCUT2D eigenvalue weighted by Gasteiger charge is -2.39. The maximum Gasteiger partial charge on any atom is 0.275 e. The maximum absolute atomic E-state index is 13.7. The maximum atomic E-state index is 13.7. The number of amides is 1. The molecule has 0 atom stereocenters. The first-order chi connectivity index (χ1) is 17.5. The van der Waals surface area contributed by atoms with E-state index in [2.05, 4.69) is 58.5 Å². The van der Waals surface area contributed by atoms with Crippen LogP contribution in [0.2, 0.25) is 0 Å². The first-order valence-electron chi connectivity index (χ1n) is 12.7. The average molecular weight is 481 g/mol. The Morgan fingerprint density at radius 1 is 0.778 bits per heavy atom. The highest BCUT2D eigenvalue weighted by Gasteiger charge is 2.30. The molecule has 184 valence electrons. The van der Waals surface area contributed by atoms with Crippen LogP contribution >= 0.6 is 0 Å². The molecule has 0 unspecified atom stereocenters. The molecule has 0 N–H and O–H groups in total. The van der Waals surface area contributed by atoms with Crippen LogP contribution in [-0.4, -0.2) is 51.7 Å². The van der Waals surface area contributed by atoms with Gasteiger partial charge in [-0.25, -0.2) is 4.68 Å². The lowest BCUT2D eigenvalue weighted by atomic mass is 9.96. The van der Waals surface area contributed by atoms with Crippen molar-refractivity contribution in [2.75, 3.05) is 26.2 Å². The quantitative estimate of drug-likeness (QED) is 0.405. The Bertz CT molecular complexity index is 1350. The summed E-state index contributed by atoms with van der Waals surface area (Å²) < 4.78 is 1.46. The molecule has 1 amide bonds. The summed E-state index contributed by atoms with van der Waals surface area (Å²) in [4.78, 5) is 31.0. The predicted octanol–water partition coefficient (Wildman–Crippen LogP) is 4.60. The summed E-state index contributed by atoms with van der Waals surface area (Å²) in [6.07, 6.45) is 0. The summed E-state index contributed by atoms with van der Waals surface area (Å²) in [5.74, 6) is 0.134. The van der Waals surface area contributed by atoms with Gasteiger partial charge in [0.2, 0.25) is 0 Å². The second-order valence-electron chi connectivity index (χ2n) is 9.83. The molecule has 2 heterocycles. The van der Waals surface area contributed by atoms with Gasteiger partial charge in [-0.1, -0.05) is 92.7 Å². The van der Waals surface area contributed by atoms with Gasteiger partial charge >= 0.3 is 0 Å². The van der Waals surface area contributed by atoms with E-state index in [-0.39, 0.29) is 23.4 Å². The van der Waals surface area contributed by atoms with Crippen molar-refractivity contribution < 1.29 is 4.79 Å². The highest BCUT2D eigenvalue weighted by molar-refractivity contribution is 6.04. The molecule has 1 fully saturated rings.